The van der Waals surface area contributed by atoms with Crippen LogP contribution in [0.15, 0.2) is 12.1 Å². The van der Waals surface area contributed by atoms with Gasteiger partial charge in [0, 0.05) is 0 Å². The van der Waals surface area contributed by atoms with Crippen LogP contribution in [0.3, 0.4) is 0 Å². The van der Waals surface area contributed by atoms with E-state index in [2.05, 4.69) is 0 Å². The Bertz CT molecular complexity index is 556. The third-order valence-electron chi connectivity index (χ3n) is 3.63. The van der Waals surface area contributed by atoms with Crippen molar-refractivity contribution < 1.29 is 23.2 Å². The third kappa shape index (κ3) is 3.74. The minimum atomic E-state index is -1.37. The Morgan fingerprint density at radius 1 is 1.24 bits per heavy atom. The summed E-state index contributed by atoms with van der Waals surface area (Å²) in [4.78, 5) is 21.7. The molecule has 0 bridgehead atoms. The highest BCUT2D eigenvalue weighted by Crippen LogP contribution is 2.26. The van der Waals surface area contributed by atoms with E-state index in [1.54, 1.807) is 0 Å². The first-order chi connectivity index (χ1) is 9.99. The highest BCUT2D eigenvalue weighted by atomic mass is 19.2. The van der Waals surface area contributed by atoms with E-state index >= 15 is 0 Å². The molecule has 2 rings (SSSR count). The van der Waals surface area contributed by atoms with Crippen molar-refractivity contribution in [2.75, 3.05) is 6.61 Å². The molecule has 5 nitrogen and oxygen atoms in total. The van der Waals surface area contributed by atoms with Crippen LogP contribution in [-0.2, 0) is 4.74 Å². The summed E-state index contributed by atoms with van der Waals surface area (Å²) in [6.07, 6.45) is 5.15. The van der Waals surface area contributed by atoms with Crippen LogP contribution in [-0.4, -0.2) is 17.5 Å². The van der Waals surface area contributed by atoms with Crippen molar-refractivity contribution in [1.29, 1.82) is 0 Å². The van der Waals surface area contributed by atoms with Crippen molar-refractivity contribution in [2.45, 2.75) is 32.1 Å². The van der Waals surface area contributed by atoms with Crippen molar-refractivity contribution in [3.8, 4) is 0 Å². The number of carbonyl (C=O) groups is 1. The molecule has 0 unspecified atom stereocenters. The number of benzene rings is 1. The van der Waals surface area contributed by atoms with Crippen molar-refractivity contribution in [2.24, 2.45) is 5.92 Å². The van der Waals surface area contributed by atoms with Gasteiger partial charge in [-0.15, -0.1) is 0 Å². The Kier molecular flexibility index (Phi) is 4.82. The summed E-state index contributed by atoms with van der Waals surface area (Å²) in [5.74, 6) is -3.45. The molecule has 114 valence electrons. The first-order valence-corrected chi connectivity index (χ1v) is 6.79. The number of nitro groups is 1. The fourth-order valence-electron chi connectivity index (χ4n) is 2.48. The van der Waals surface area contributed by atoms with E-state index in [1.807, 2.05) is 0 Å². The molecule has 0 spiro atoms. The average molecular weight is 299 g/mol. The molecule has 1 aromatic carbocycles. The molecule has 0 aromatic heterocycles. The van der Waals surface area contributed by atoms with Gasteiger partial charge in [0.15, 0.2) is 11.6 Å². The van der Waals surface area contributed by atoms with E-state index < -0.39 is 33.8 Å². The molecule has 21 heavy (non-hydrogen) atoms. The summed E-state index contributed by atoms with van der Waals surface area (Å²) in [5, 5.41) is 10.8. The topological polar surface area (TPSA) is 69.4 Å². The molecule has 0 aliphatic heterocycles. The number of esters is 1. The predicted molar refractivity (Wildman–Crippen MR) is 69.9 cm³/mol. The zero-order chi connectivity index (χ0) is 15.4. The predicted octanol–water partition coefficient (Wildman–Crippen LogP) is 3.61. The summed E-state index contributed by atoms with van der Waals surface area (Å²) < 4.78 is 31.2. The number of hydrogen-bond acceptors (Lipinski definition) is 4. The number of hydrogen-bond donors (Lipinski definition) is 0. The Labute approximate surface area is 120 Å². The van der Waals surface area contributed by atoms with Gasteiger partial charge in [-0.2, -0.15) is 0 Å². The number of nitro benzene ring substituents is 1. The van der Waals surface area contributed by atoms with Crippen molar-refractivity contribution in [3.63, 3.8) is 0 Å². The lowest BCUT2D eigenvalue weighted by molar-refractivity contribution is -0.385. The third-order valence-corrected chi connectivity index (χ3v) is 3.63. The Balaban J connectivity index is 2.10. The highest BCUT2D eigenvalue weighted by Gasteiger charge is 2.26. The van der Waals surface area contributed by atoms with Crippen molar-refractivity contribution >= 4 is 11.7 Å². The lowest BCUT2D eigenvalue weighted by atomic mass is 9.90. The van der Waals surface area contributed by atoms with Gasteiger partial charge in [0.2, 0.25) is 0 Å². The smallest absolute Gasteiger partial charge is 0.345 e. The van der Waals surface area contributed by atoms with E-state index in [4.69, 9.17) is 4.74 Å². The molecule has 0 saturated heterocycles. The van der Waals surface area contributed by atoms with Gasteiger partial charge in [0.25, 0.3) is 5.69 Å². The molecular formula is C14H15F2NO4. The maximum absolute atomic E-state index is 13.2. The SMILES string of the molecule is O=C(OCC1CCCCC1)c1cc(F)c(F)cc1[N+](=O)[O-]. The van der Waals surface area contributed by atoms with Crippen LogP contribution in [0.2, 0.25) is 0 Å². The maximum atomic E-state index is 13.2. The zero-order valence-corrected chi connectivity index (χ0v) is 11.3. The molecule has 0 heterocycles. The second-order valence-corrected chi connectivity index (χ2v) is 5.14. The van der Waals surface area contributed by atoms with E-state index in [1.165, 1.54) is 0 Å². The van der Waals surface area contributed by atoms with Gasteiger partial charge < -0.3 is 4.74 Å². The maximum Gasteiger partial charge on any atom is 0.345 e. The number of ether oxygens (including phenoxy) is 1. The van der Waals surface area contributed by atoms with E-state index in [-0.39, 0.29) is 12.5 Å². The number of rotatable bonds is 4. The largest absolute Gasteiger partial charge is 0.462 e. The number of carbonyl (C=O) groups excluding carboxylic acids is 1. The molecule has 1 saturated carbocycles. The summed E-state index contributed by atoms with van der Waals surface area (Å²) in [5.41, 5.74) is -1.35. The van der Waals surface area contributed by atoms with Gasteiger partial charge in [-0.3, -0.25) is 10.1 Å². The fourth-order valence-corrected chi connectivity index (χ4v) is 2.48. The molecule has 0 radical (unpaired) electrons. The van der Waals surface area contributed by atoms with Gasteiger partial charge in [-0.25, -0.2) is 13.6 Å². The first-order valence-electron chi connectivity index (χ1n) is 6.79. The van der Waals surface area contributed by atoms with Gasteiger partial charge >= 0.3 is 5.97 Å². The van der Waals surface area contributed by atoms with Crippen molar-refractivity contribution in [1.82, 2.24) is 0 Å². The Morgan fingerprint density at radius 3 is 2.48 bits per heavy atom. The monoisotopic (exact) mass is 299 g/mol. The Morgan fingerprint density at radius 2 is 1.86 bits per heavy atom. The Hall–Kier alpha value is -2.05. The molecule has 7 heteroatoms. The molecule has 0 N–H and O–H groups in total. The second kappa shape index (κ2) is 6.60. The van der Waals surface area contributed by atoms with E-state index in [0.29, 0.717) is 12.1 Å². The van der Waals surface area contributed by atoms with Crippen LogP contribution >= 0.6 is 0 Å². The highest BCUT2D eigenvalue weighted by molar-refractivity contribution is 5.93. The minimum Gasteiger partial charge on any atom is -0.462 e. The second-order valence-electron chi connectivity index (χ2n) is 5.14. The van der Waals surface area contributed by atoms with Crippen LogP contribution < -0.4 is 0 Å². The molecule has 1 aromatic rings. The van der Waals surface area contributed by atoms with Gasteiger partial charge in [0.1, 0.15) is 5.56 Å². The molecule has 1 aliphatic rings. The minimum absolute atomic E-state index is 0.148. The summed E-state index contributed by atoms with van der Waals surface area (Å²) >= 11 is 0. The number of halogens is 2. The van der Waals surface area contributed by atoms with Crippen LogP contribution in [0.5, 0.6) is 0 Å². The van der Waals surface area contributed by atoms with Crippen LogP contribution in [0.4, 0.5) is 14.5 Å². The van der Waals surface area contributed by atoms with Crippen LogP contribution in [0.25, 0.3) is 0 Å². The van der Waals surface area contributed by atoms with Gasteiger partial charge in [-0.05, 0) is 24.8 Å². The first kappa shape index (κ1) is 15.3. The molecule has 0 amide bonds. The lowest BCUT2D eigenvalue weighted by Gasteiger charge is -2.20. The number of nitrogens with zero attached hydrogens (tertiary/aromatic N) is 1. The van der Waals surface area contributed by atoms with Crippen LogP contribution in [0, 0.1) is 27.7 Å². The van der Waals surface area contributed by atoms with E-state index in [9.17, 15) is 23.7 Å². The molecule has 1 fully saturated rings. The van der Waals surface area contributed by atoms with Crippen LogP contribution in [0.1, 0.15) is 42.5 Å². The normalized spacial score (nSPS) is 15.7. The lowest BCUT2D eigenvalue weighted by Crippen LogP contribution is -2.17. The standard InChI is InChI=1S/C14H15F2NO4/c15-11-6-10(13(17(19)20)7-12(11)16)14(18)21-8-9-4-2-1-3-5-9/h6-7,9H,1-5,8H2. The fraction of sp³-hybridized carbons (Fsp3) is 0.500. The summed E-state index contributed by atoms with van der Waals surface area (Å²) in [6.45, 7) is 0.148. The van der Waals surface area contributed by atoms with Crippen molar-refractivity contribution in [3.05, 3.63) is 39.4 Å². The average Bonchev–Trinajstić information content (AvgIpc) is 2.48. The van der Waals surface area contributed by atoms with Gasteiger partial charge in [0.05, 0.1) is 17.6 Å². The zero-order valence-electron chi connectivity index (χ0n) is 11.3. The summed E-state index contributed by atoms with van der Waals surface area (Å²) in [7, 11) is 0. The van der Waals surface area contributed by atoms with E-state index in [0.717, 1.165) is 32.1 Å². The molecular weight excluding hydrogens is 284 g/mol. The molecule has 1 aliphatic carbocycles. The summed E-state index contributed by atoms with van der Waals surface area (Å²) in [6, 6.07) is 0.906. The van der Waals surface area contributed by atoms with Gasteiger partial charge in [-0.1, -0.05) is 19.3 Å². The molecule has 0 atom stereocenters. The quantitative estimate of drug-likeness (QED) is 0.484.